The zero-order valence-corrected chi connectivity index (χ0v) is 11.5. The molecule has 86 valence electrons. The Balaban J connectivity index is 2.33. The van der Waals surface area contributed by atoms with Crippen LogP contribution < -0.4 is 4.74 Å². The summed E-state index contributed by atoms with van der Waals surface area (Å²) in [5.41, 5.74) is 1.03. The summed E-state index contributed by atoms with van der Waals surface area (Å²) in [7, 11) is 1.64. The standard InChI is InChI=1S/C12H9BrN2OS/c1-16-9-4-2-8(3-5-9)12-15-11(13)10(17-12)6-7-14/h2-5H,6H2,1H3. The van der Waals surface area contributed by atoms with Gasteiger partial charge in [0.15, 0.2) is 0 Å². The molecule has 0 atom stereocenters. The highest BCUT2D eigenvalue weighted by Gasteiger charge is 2.10. The van der Waals surface area contributed by atoms with Crippen LogP contribution in [0.3, 0.4) is 0 Å². The van der Waals surface area contributed by atoms with Crippen molar-refractivity contribution in [2.24, 2.45) is 0 Å². The summed E-state index contributed by atoms with van der Waals surface area (Å²) < 4.78 is 5.86. The van der Waals surface area contributed by atoms with Gasteiger partial charge < -0.3 is 4.74 Å². The van der Waals surface area contributed by atoms with Crippen molar-refractivity contribution in [3.8, 4) is 22.4 Å². The zero-order chi connectivity index (χ0) is 12.3. The fourth-order valence-corrected chi connectivity index (χ4v) is 2.94. The van der Waals surface area contributed by atoms with Crippen molar-refractivity contribution < 1.29 is 4.74 Å². The van der Waals surface area contributed by atoms with Crippen LogP contribution in [0.5, 0.6) is 5.75 Å². The molecule has 0 saturated heterocycles. The molecule has 0 aliphatic heterocycles. The third kappa shape index (κ3) is 2.65. The molecule has 1 aromatic carbocycles. The zero-order valence-electron chi connectivity index (χ0n) is 9.11. The van der Waals surface area contributed by atoms with Crippen molar-refractivity contribution in [1.29, 1.82) is 5.26 Å². The summed E-state index contributed by atoms with van der Waals surface area (Å²) >= 11 is 4.90. The lowest BCUT2D eigenvalue weighted by atomic mass is 10.2. The molecule has 5 heteroatoms. The third-order valence-electron chi connectivity index (χ3n) is 2.23. The minimum Gasteiger partial charge on any atom is -0.497 e. The number of rotatable bonds is 3. The van der Waals surface area contributed by atoms with Gasteiger partial charge in [0.2, 0.25) is 0 Å². The van der Waals surface area contributed by atoms with Gasteiger partial charge in [-0.15, -0.1) is 11.3 Å². The van der Waals surface area contributed by atoms with Crippen molar-refractivity contribution in [2.45, 2.75) is 6.42 Å². The molecule has 0 radical (unpaired) electrons. The van der Waals surface area contributed by atoms with Crippen LogP contribution in [0.2, 0.25) is 0 Å². The average Bonchev–Trinajstić information content (AvgIpc) is 2.72. The van der Waals surface area contributed by atoms with Gasteiger partial charge in [-0.1, -0.05) is 0 Å². The van der Waals surface area contributed by atoms with Crippen LogP contribution in [0.15, 0.2) is 28.9 Å². The number of ether oxygens (including phenoxy) is 1. The van der Waals surface area contributed by atoms with Crippen molar-refractivity contribution >= 4 is 27.3 Å². The topological polar surface area (TPSA) is 45.9 Å². The molecular weight excluding hydrogens is 300 g/mol. The molecule has 2 aromatic rings. The molecule has 2 rings (SSSR count). The lowest BCUT2D eigenvalue weighted by molar-refractivity contribution is 0.415. The maximum atomic E-state index is 8.68. The van der Waals surface area contributed by atoms with E-state index < -0.39 is 0 Å². The number of aromatic nitrogens is 1. The second kappa shape index (κ2) is 5.30. The van der Waals surface area contributed by atoms with E-state index in [1.54, 1.807) is 7.11 Å². The fourth-order valence-electron chi connectivity index (χ4n) is 1.37. The monoisotopic (exact) mass is 308 g/mol. The molecule has 0 amide bonds. The van der Waals surface area contributed by atoms with Crippen molar-refractivity contribution in [1.82, 2.24) is 4.98 Å². The van der Waals surface area contributed by atoms with E-state index in [1.807, 2.05) is 24.3 Å². The first kappa shape index (κ1) is 12.1. The van der Waals surface area contributed by atoms with Gasteiger partial charge in [-0.05, 0) is 40.2 Å². The van der Waals surface area contributed by atoms with E-state index in [4.69, 9.17) is 10.00 Å². The van der Waals surface area contributed by atoms with E-state index in [0.29, 0.717) is 6.42 Å². The van der Waals surface area contributed by atoms with Gasteiger partial charge in [0.25, 0.3) is 0 Å². The Bertz CT molecular complexity index is 557. The summed E-state index contributed by atoms with van der Waals surface area (Å²) in [6.45, 7) is 0. The van der Waals surface area contributed by atoms with Crippen molar-refractivity contribution in [3.63, 3.8) is 0 Å². The Labute approximate surface area is 112 Å². The van der Waals surface area contributed by atoms with Crippen LogP contribution in [-0.2, 0) is 6.42 Å². The lowest BCUT2D eigenvalue weighted by Gasteiger charge is -1.99. The van der Waals surface area contributed by atoms with E-state index in [2.05, 4.69) is 27.0 Å². The Morgan fingerprint density at radius 2 is 2.12 bits per heavy atom. The van der Waals surface area contributed by atoms with E-state index in [0.717, 1.165) is 25.8 Å². The predicted molar refractivity (Wildman–Crippen MR) is 71.1 cm³/mol. The number of nitriles is 1. The van der Waals surface area contributed by atoms with Crippen LogP contribution in [0, 0.1) is 11.3 Å². The first-order valence-electron chi connectivity index (χ1n) is 4.91. The first-order chi connectivity index (χ1) is 8.24. The lowest BCUT2D eigenvalue weighted by Crippen LogP contribution is -1.82. The Morgan fingerprint density at radius 3 is 2.71 bits per heavy atom. The van der Waals surface area contributed by atoms with Crippen LogP contribution >= 0.6 is 27.3 Å². The van der Waals surface area contributed by atoms with Gasteiger partial charge in [0.05, 0.1) is 24.5 Å². The molecule has 0 fully saturated rings. The Kier molecular flexibility index (Phi) is 3.77. The van der Waals surface area contributed by atoms with Crippen LogP contribution in [0.1, 0.15) is 4.88 Å². The quantitative estimate of drug-likeness (QED) is 0.869. The maximum Gasteiger partial charge on any atom is 0.124 e. The highest BCUT2D eigenvalue weighted by Crippen LogP contribution is 2.32. The highest BCUT2D eigenvalue weighted by molar-refractivity contribution is 9.10. The molecule has 0 bridgehead atoms. The fraction of sp³-hybridized carbons (Fsp3) is 0.167. The number of methoxy groups -OCH3 is 1. The summed E-state index contributed by atoms with van der Waals surface area (Å²) in [5, 5.41) is 9.59. The smallest absolute Gasteiger partial charge is 0.124 e. The van der Waals surface area contributed by atoms with Gasteiger partial charge in [0.1, 0.15) is 15.4 Å². The van der Waals surface area contributed by atoms with Crippen LogP contribution in [-0.4, -0.2) is 12.1 Å². The van der Waals surface area contributed by atoms with E-state index in [1.165, 1.54) is 11.3 Å². The molecule has 0 aliphatic rings. The molecule has 0 spiro atoms. The minimum atomic E-state index is 0.383. The van der Waals surface area contributed by atoms with E-state index >= 15 is 0 Å². The van der Waals surface area contributed by atoms with Gasteiger partial charge in [-0.25, -0.2) is 4.98 Å². The Morgan fingerprint density at radius 1 is 1.41 bits per heavy atom. The third-order valence-corrected chi connectivity index (χ3v) is 4.25. The maximum absolute atomic E-state index is 8.68. The normalized spacial score (nSPS) is 9.94. The van der Waals surface area contributed by atoms with Gasteiger partial charge in [0, 0.05) is 5.56 Å². The van der Waals surface area contributed by atoms with Crippen molar-refractivity contribution in [2.75, 3.05) is 7.11 Å². The number of nitrogens with zero attached hydrogens (tertiary/aromatic N) is 2. The molecule has 17 heavy (non-hydrogen) atoms. The molecule has 3 nitrogen and oxygen atoms in total. The second-order valence-corrected chi connectivity index (χ2v) is 5.13. The summed E-state index contributed by atoms with van der Waals surface area (Å²) in [5.74, 6) is 0.821. The molecular formula is C12H9BrN2OS. The van der Waals surface area contributed by atoms with Gasteiger partial charge >= 0.3 is 0 Å². The van der Waals surface area contributed by atoms with Crippen LogP contribution in [0.25, 0.3) is 10.6 Å². The highest BCUT2D eigenvalue weighted by atomic mass is 79.9. The molecule has 0 N–H and O–H groups in total. The summed E-state index contributed by atoms with van der Waals surface area (Å²) in [6.07, 6.45) is 0.383. The number of benzene rings is 1. The largest absolute Gasteiger partial charge is 0.497 e. The predicted octanol–water partition coefficient (Wildman–Crippen LogP) is 3.65. The van der Waals surface area contributed by atoms with E-state index in [9.17, 15) is 0 Å². The number of halogens is 1. The second-order valence-electron chi connectivity index (χ2n) is 3.30. The number of thiazole rings is 1. The molecule has 1 aromatic heterocycles. The molecule has 0 saturated carbocycles. The number of hydrogen-bond donors (Lipinski definition) is 0. The van der Waals surface area contributed by atoms with Gasteiger partial charge in [-0.3, -0.25) is 0 Å². The summed E-state index contributed by atoms with van der Waals surface area (Å²) in [6, 6.07) is 9.84. The Hall–Kier alpha value is -1.38. The van der Waals surface area contributed by atoms with E-state index in [-0.39, 0.29) is 0 Å². The van der Waals surface area contributed by atoms with Crippen LogP contribution in [0.4, 0.5) is 0 Å². The molecule has 1 heterocycles. The molecule has 0 unspecified atom stereocenters. The first-order valence-corrected chi connectivity index (χ1v) is 6.52. The molecule has 0 aliphatic carbocycles. The average molecular weight is 309 g/mol. The SMILES string of the molecule is COc1ccc(-c2nc(Br)c(CC#N)s2)cc1. The minimum absolute atomic E-state index is 0.383. The van der Waals surface area contributed by atoms with Gasteiger partial charge in [-0.2, -0.15) is 5.26 Å². The summed E-state index contributed by atoms with van der Waals surface area (Å²) in [4.78, 5) is 5.36. The van der Waals surface area contributed by atoms with Crippen molar-refractivity contribution in [3.05, 3.63) is 33.7 Å². The number of hydrogen-bond acceptors (Lipinski definition) is 4.